The van der Waals surface area contributed by atoms with Gasteiger partial charge in [-0.1, -0.05) is 30.8 Å². The summed E-state index contributed by atoms with van der Waals surface area (Å²) in [6.07, 6.45) is -6.27. The minimum atomic E-state index is -5.22. The molecule has 0 spiro atoms. The predicted octanol–water partition coefficient (Wildman–Crippen LogP) is 8.67. The standard InChI is InChI=1S/C29H21F9O2/c1-2-21(30)27(35)17-6-4-16(5-7-17)19-13-39-28(40-14-19)18-11-22(31)20(23(32)12-18)8-3-15-9-24(33)26(25(34)10-15)29(36,37)38/h2,4-7,9-12,19,28H,1,3,8,13-14H2. The molecule has 4 rings (SSSR count). The molecule has 0 amide bonds. The van der Waals surface area contributed by atoms with Crippen molar-refractivity contribution in [2.24, 2.45) is 0 Å². The lowest BCUT2D eigenvalue weighted by molar-refractivity contribution is -0.192. The van der Waals surface area contributed by atoms with Gasteiger partial charge in [-0.15, -0.1) is 0 Å². The molecule has 0 aliphatic carbocycles. The first-order chi connectivity index (χ1) is 18.9. The van der Waals surface area contributed by atoms with Gasteiger partial charge in [0.05, 0.1) is 13.2 Å². The number of ether oxygens (including phenoxy) is 2. The van der Waals surface area contributed by atoms with E-state index in [1.807, 2.05) is 0 Å². The Morgan fingerprint density at radius 3 is 1.85 bits per heavy atom. The topological polar surface area (TPSA) is 18.5 Å². The number of benzene rings is 3. The molecular weight excluding hydrogens is 551 g/mol. The Hall–Kier alpha value is -3.57. The Morgan fingerprint density at radius 1 is 0.800 bits per heavy atom. The van der Waals surface area contributed by atoms with Crippen LogP contribution in [-0.4, -0.2) is 13.2 Å². The summed E-state index contributed by atoms with van der Waals surface area (Å²) in [4.78, 5) is 0. The van der Waals surface area contributed by atoms with E-state index in [1.54, 1.807) is 12.1 Å². The molecule has 11 heteroatoms. The van der Waals surface area contributed by atoms with Gasteiger partial charge in [0.2, 0.25) is 0 Å². The van der Waals surface area contributed by atoms with E-state index in [9.17, 15) is 39.5 Å². The first kappa shape index (κ1) is 29.4. The summed E-state index contributed by atoms with van der Waals surface area (Å²) >= 11 is 0. The average molecular weight is 572 g/mol. The lowest BCUT2D eigenvalue weighted by Crippen LogP contribution is -2.26. The molecule has 0 saturated carbocycles. The van der Waals surface area contributed by atoms with Gasteiger partial charge >= 0.3 is 6.18 Å². The van der Waals surface area contributed by atoms with Gasteiger partial charge in [0.25, 0.3) is 0 Å². The quantitative estimate of drug-likeness (QED) is 0.208. The number of alkyl halides is 3. The summed E-state index contributed by atoms with van der Waals surface area (Å²) in [6.45, 7) is 3.37. The van der Waals surface area contributed by atoms with E-state index in [1.165, 1.54) is 12.1 Å². The molecule has 3 aromatic carbocycles. The summed E-state index contributed by atoms with van der Waals surface area (Å²) in [5.74, 6) is -8.04. The van der Waals surface area contributed by atoms with Gasteiger partial charge in [-0.2, -0.15) is 13.2 Å². The number of rotatable bonds is 7. The largest absolute Gasteiger partial charge is 0.422 e. The molecule has 1 aliphatic heterocycles. The summed E-state index contributed by atoms with van der Waals surface area (Å²) in [6, 6.07) is 8.85. The Balaban J connectivity index is 1.40. The summed E-state index contributed by atoms with van der Waals surface area (Å²) in [5.41, 5.74) is -1.89. The van der Waals surface area contributed by atoms with Crippen LogP contribution in [0, 0.1) is 23.3 Å². The second-order valence-electron chi connectivity index (χ2n) is 9.08. The molecule has 0 radical (unpaired) electrons. The first-order valence-electron chi connectivity index (χ1n) is 11.9. The summed E-state index contributed by atoms with van der Waals surface area (Å²) in [5, 5.41) is 0. The molecule has 0 aromatic heterocycles. The number of aryl methyl sites for hydroxylation is 1. The fourth-order valence-corrected chi connectivity index (χ4v) is 4.32. The summed E-state index contributed by atoms with van der Waals surface area (Å²) < 4.78 is 134. The van der Waals surface area contributed by atoms with Crippen LogP contribution < -0.4 is 0 Å². The lowest BCUT2D eigenvalue weighted by Gasteiger charge is -2.30. The van der Waals surface area contributed by atoms with Crippen LogP contribution >= 0.6 is 0 Å². The average Bonchev–Trinajstić information content (AvgIpc) is 2.90. The highest BCUT2D eigenvalue weighted by molar-refractivity contribution is 5.63. The Labute approximate surface area is 223 Å². The fraction of sp³-hybridized carbons (Fsp3) is 0.241. The maximum absolute atomic E-state index is 14.8. The van der Waals surface area contributed by atoms with Crippen molar-refractivity contribution in [1.29, 1.82) is 0 Å². The van der Waals surface area contributed by atoms with E-state index in [4.69, 9.17) is 9.47 Å². The van der Waals surface area contributed by atoms with E-state index < -0.39 is 58.5 Å². The van der Waals surface area contributed by atoms with Crippen LogP contribution in [0.3, 0.4) is 0 Å². The second-order valence-corrected chi connectivity index (χ2v) is 9.08. The molecule has 2 nitrogen and oxygen atoms in total. The van der Waals surface area contributed by atoms with Crippen LogP contribution in [0.15, 0.2) is 67.0 Å². The fourth-order valence-electron chi connectivity index (χ4n) is 4.32. The van der Waals surface area contributed by atoms with Crippen LogP contribution in [0.1, 0.15) is 45.6 Å². The van der Waals surface area contributed by atoms with Crippen molar-refractivity contribution in [2.75, 3.05) is 13.2 Å². The number of allylic oxidation sites excluding steroid dienone is 2. The molecule has 0 unspecified atom stereocenters. The van der Waals surface area contributed by atoms with Gasteiger partial charge in [0, 0.05) is 22.6 Å². The molecular formula is C29H21F9O2. The molecule has 1 saturated heterocycles. The predicted molar refractivity (Wildman–Crippen MR) is 128 cm³/mol. The Morgan fingerprint density at radius 2 is 1.35 bits per heavy atom. The van der Waals surface area contributed by atoms with Crippen LogP contribution in [0.25, 0.3) is 5.83 Å². The maximum Gasteiger partial charge on any atom is 0.422 e. The van der Waals surface area contributed by atoms with E-state index in [0.717, 1.165) is 18.2 Å². The smallest absolute Gasteiger partial charge is 0.348 e. The van der Waals surface area contributed by atoms with Crippen molar-refractivity contribution >= 4 is 5.83 Å². The van der Waals surface area contributed by atoms with Gasteiger partial charge in [0.1, 0.15) is 28.8 Å². The van der Waals surface area contributed by atoms with E-state index in [-0.39, 0.29) is 48.7 Å². The third-order valence-electron chi connectivity index (χ3n) is 6.41. The van der Waals surface area contributed by atoms with Gasteiger partial charge in [-0.25, -0.2) is 26.3 Å². The second kappa shape index (κ2) is 11.9. The van der Waals surface area contributed by atoms with Crippen molar-refractivity contribution in [3.05, 3.63) is 124 Å². The third kappa shape index (κ3) is 6.42. The van der Waals surface area contributed by atoms with Crippen molar-refractivity contribution in [1.82, 2.24) is 0 Å². The van der Waals surface area contributed by atoms with Crippen LogP contribution in [0.4, 0.5) is 39.5 Å². The molecule has 0 N–H and O–H groups in total. The molecule has 40 heavy (non-hydrogen) atoms. The van der Waals surface area contributed by atoms with Crippen molar-refractivity contribution in [3.63, 3.8) is 0 Å². The van der Waals surface area contributed by atoms with E-state index in [0.29, 0.717) is 17.7 Å². The van der Waals surface area contributed by atoms with Gasteiger partial charge in [-0.3, -0.25) is 0 Å². The molecule has 0 atom stereocenters. The highest BCUT2D eigenvalue weighted by Crippen LogP contribution is 2.35. The molecule has 1 heterocycles. The first-order valence-corrected chi connectivity index (χ1v) is 11.9. The van der Waals surface area contributed by atoms with Crippen molar-refractivity contribution < 1.29 is 49.0 Å². The minimum Gasteiger partial charge on any atom is -0.348 e. The maximum atomic E-state index is 14.8. The number of halogens is 9. The normalized spacial score (nSPS) is 18.4. The zero-order valence-corrected chi connectivity index (χ0v) is 20.6. The van der Waals surface area contributed by atoms with E-state index in [2.05, 4.69) is 6.58 Å². The molecule has 212 valence electrons. The zero-order valence-electron chi connectivity index (χ0n) is 20.6. The van der Waals surface area contributed by atoms with E-state index >= 15 is 0 Å². The number of hydrogen-bond donors (Lipinski definition) is 0. The van der Waals surface area contributed by atoms with Gasteiger partial charge < -0.3 is 9.47 Å². The molecule has 1 aliphatic rings. The monoisotopic (exact) mass is 572 g/mol. The van der Waals surface area contributed by atoms with Crippen molar-refractivity contribution in [2.45, 2.75) is 31.2 Å². The third-order valence-corrected chi connectivity index (χ3v) is 6.41. The zero-order chi connectivity index (χ0) is 29.2. The highest BCUT2D eigenvalue weighted by Gasteiger charge is 2.38. The summed E-state index contributed by atoms with van der Waals surface area (Å²) in [7, 11) is 0. The molecule has 0 bridgehead atoms. The minimum absolute atomic E-state index is 0.0244. The van der Waals surface area contributed by atoms with Crippen LogP contribution in [0.2, 0.25) is 0 Å². The van der Waals surface area contributed by atoms with Crippen LogP contribution in [-0.2, 0) is 28.5 Å². The van der Waals surface area contributed by atoms with Crippen molar-refractivity contribution in [3.8, 4) is 0 Å². The molecule has 3 aromatic rings. The molecule has 1 fully saturated rings. The van der Waals surface area contributed by atoms with Gasteiger partial charge in [0.15, 0.2) is 17.9 Å². The number of hydrogen-bond acceptors (Lipinski definition) is 2. The Kier molecular flexibility index (Phi) is 8.74. The lowest BCUT2D eigenvalue weighted by atomic mass is 9.98. The highest BCUT2D eigenvalue weighted by atomic mass is 19.4. The van der Waals surface area contributed by atoms with Gasteiger partial charge in [-0.05, 0) is 54.3 Å². The Bertz CT molecular complexity index is 1370. The van der Waals surface area contributed by atoms with Crippen LogP contribution in [0.5, 0.6) is 0 Å². The SMILES string of the molecule is C=CC(F)=C(F)c1ccc(C2COC(c3cc(F)c(CCc4cc(F)c(C(F)(F)F)c(F)c4)c(F)c3)OC2)cc1.